The van der Waals surface area contributed by atoms with Gasteiger partial charge in [-0.15, -0.1) is 0 Å². The molecular weight excluding hydrogens is 488 g/mol. The third-order valence-corrected chi connectivity index (χ3v) is 7.91. The van der Waals surface area contributed by atoms with Crippen LogP contribution in [-0.2, 0) is 33.4 Å². The smallest absolute Gasteiger partial charge is 0.322 e. The van der Waals surface area contributed by atoms with Crippen molar-refractivity contribution in [3.8, 4) is 0 Å². The van der Waals surface area contributed by atoms with Gasteiger partial charge in [0.25, 0.3) is 0 Å². The number of carbonyl (C=O) groups excluding carboxylic acids is 1. The minimum atomic E-state index is -3.69. The van der Waals surface area contributed by atoms with Gasteiger partial charge in [0, 0.05) is 25.4 Å². The molecule has 3 aromatic rings. The van der Waals surface area contributed by atoms with Gasteiger partial charge in [0.05, 0.1) is 30.3 Å². The molecule has 8 nitrogen and oxygen atoms in total. The Bertz CT molecular complexity index is 1280. The van der Waals surface area contributed by atoms with Crippen molar-refractivity contribution in [3.05, 3.63) is 77.6 Å². The molecule has 198 valence electrons. The molecule has 0 saturated carbocycles. The van der Waals surface area contributed by atoms with Crippen molar-refractivity contribution in [2.45, 2.75) is 63.7 Å². The molecule has 1 saturated heterocycles. The van der Waals surface area contributed by atoms with Crippen LogP contribution in [0.1, 0.15) is 43.5 Å². The number of amides is 2. The van der Waals surface area contributed by atoms with Crippen molar-refractivity contribution in [2.75, 3.05) is 18.5 Å². The van der Waals surface area contributed by atoms with Crippen LogP contribution < -0.4 is 5.32 Å². The minimum absolute atomic E-state index is 0.0380. The Kier molecular flexibility index (Phi) is 8.66. The summed E-state index contributed by atoms with van der Waals surface area (Å²) in [5.74, 6) is 0.0576. The van der Waals surface area contributed by atoms with E-state index in [4.69, 9.17) is 4.74 Å². The molecule has 2 amide bonds. The number of imidazole rings is 1. The van der Waals surface area contributed by atoms with E-state index in [1.807, 2.05) is 63.2 Å². The Morgan fingerprint density at radius 3 is 2.54 bits per heavy atom. The summed E-state index contributed by atoms with van der Waals surface area (Å²) in [7, 11) is -3.69. The number of sulfone groups is 1. The van der Waals surface area contributed by atoms with Crippen molar-refractivity contribution in [3.63, 3.8) is 0 Å². The van der Waals surface area contributed by atoms with E-state index in [1.54, 1.807) is 27.8 Å². The lowest BCUT2D eigenvalue weighted by Gasteiger charge is -2.26. The highest BCUT2D eigenvalue weighted by Crippen LogP contribution is 2.22. The van der Waals surface area contributed by atoms with Crippen molar-refractivity contribution < 1.29 is 17.9 Å². The number of aryl methyl sites for hydroxylation is 1. The molecular formula is C28H36N4O4S. The molecule has 4 rings (SSSR count). The summed E-state index contributed by atoms with van der Waals surface area (Å²) in [6, 6.07) is 16.5. The first kappa shape index (κ1) is 26.9. The summed E-state index contributed by atoms with van der Waals surface area (Å²) in [5.41, 5.74) is 3.20. The average Bonchev–Trinajstić information content (AvgIpc) is 3.51. The lowest BCUT2D eigenvalue weighted by Crippen LogP contribution is -2.40. The Morgan fingerprint density at radius 1 is 1.16 bits per heavy atom. The SMILES string of the molecule is Cc1ccc(NC(=O)N(Cc2cnc(S(=O)(=O)Cc3ccccc3)n2CC(C)C)C[C@@H]2CCCO2)cc1. The molecule has 1 aliphatic heterocycles. The number of carbonyl (C=O) groups is 1. The Hall–Kier alpha value is -3.17. The number of hydrogen-bond donors (Lipinski definition) is 1. The number of aromatic nitrogens is 2. The van der Waals surface area contributed by atoms with Crippen molar-refractivity contribution in [1.29, 1.82) is 0 Å². The van der Waals surface area contributed by atoms with E-state index in [-0.39, 0.29) is 35.5 Å². The maximum atomic E-state index is 13.4. The number of hydrogen-bond acceptors (Lipinski definition) is 5. The summed E-state index contributed by atoms with van der Waals surface area (Å²) >= 11 is 0. The molecule has 1 N–H and O–H groups in total. The van der Waals surface area contributed by atoms with Gasteiger partial charge in [0.15, 0.2) is 0 Å². The van der Waals surface area contributed by atoms with E-state index in [0.717, 1.165) is 18.4 Å². The fraction of sp³-hybridized carbons (Fsp3) is 0.429. The van der Waals surface area contributed by atoms with E-state index in [9.17, 15) is 13.2 Å². The zero-order valence-electron chi connectivity index (χ0n) is 21.8. The van der Waals surface area contributed by atoms with Gasteiger partial charge in [0.1, 0.15) is 0 Å². The van der Waals surface area contributed by atoms with Crippen LogP contribution in [-0.4, -0.2) is 48.2 Å². The molecule has 1 aliphatic rings. The molecule has 1 atom stereocenters. The van der Waals surface area contributed by atoms with E-state index in [0.29, 0.717) is 36.6 Å². The standard InChI is InChI=1S/C28H36N4O4S/c1-21(2)17-32-25(16-29-28(32)37(34,35)20-23-8-5-4-6-9-23)18-31(19-26-10-7-15-36-26)27(33)30-24-13-11-22(3)12-14-24/h4-6,8-9,11-14,16,21,26H,7,10,15,17-20H2,1-3H3,(H,30,33)/t26-/m0/s1. The number of rotatable bonds is 10. The van der Waals surface area contributed by atoms with E-state index in [2.05, 4.69) is 10.3 Å². The van der Waals surface area contributed by atoms with Crippen LogP contribution in [0.2, 0.25) is 0 Å². The first-order valence-electron chi connectivity index (χ1n) is 12.8. The predicted molar refractivity (Wildman–Crippen MR) is 144 cm³/mol. The van der Waals surface area contributed by atoms with Crippen LogP contribution in [0.4, 0.5) is 10.5 Å². The molecule has 0 spiro atoms. The number of ether oxygens (including phenoxy) is 1. The molecule has 9 heteroatoms. The number of urea groups is 1. The second kappa shape index (κ2) is 11.9. The second-order valence-corrected chi connectivity index (χ2v) is 12.0. The molecule has 0 aliphatic carbocycles. The molecule has 37 heavy (non-hydrogen) atoms. The minimum Gasteiger partial charge on any atom is -0.376 e. The number of benzene rings is 2. The van der Waals surface area contributed by atoms with Crippen LogP contribution in [0.3, 0.4) is 0 Å². The summed E-state index contributed by atoms with van der Waals surface area (Å²) in [6.07, 6.45) is 3.38. The van der Waals surface area contributed by atoms with Crippen LogP contribution in [0, 0.1) is 12.8 Å². The number of nitrogens with zero attached hydrogens (tertiary/aromatic N) is 3. The maximum Gasteiger partial charge on any atom is 0.322 e. The highest BCUT2D eigenvalue weighted by atomic mass is 32.2. The van der Waals surface area contributed by atoms with Crippen LogP contribution in [0.25, 0.3) is 0 Å². The summed E-state index contributed by atoms with van der Waals surface area (Å²) in [5, 5.41) is 3.01. The van der Waals surface area contributed by atoms with Crippen molar-refractivity contribution in [2.24, 2.45) is 5.92 Å². The van der Waals surface area contributed by atoms with E-state index < -0.39 is 9.84 Å². The molecule has 2 heterocycles. The zero-order valence-corrected chi connectivity index (χ0v) is 22.6. The molecule has 2 aromatic carbocycles. The van der Waals surface area contributed by atoms with Gasteiger partial charge < -0.3 is 19.5 Å². The summed E-state index contributed by atoms with van der Waals surface area (Å²) in [4.78, 5) is 19.4. The number of anilines is 1. The third kappa shape index (κ3) is 7.20. The Balaban J connectivity index is 1.61. The van der Waals surface area contributed by atoms with Crippen LogP contribution >= 0.6 is 0 Å². The topological polar surface area (TPSA) is 93.5 Å². The molecule has 0 unspecified atom stereocenters. The maximum absolute atomic E-state index is 13.4. The van der Waals surface area contributed by atoms with Crippen LogP contribution in [0.5, 0.6) is 0 Å². The fourth-order valence-electron chi connectivity index (χ4n) is 4.47. The summed E-state index contributed by atoms with van der Waals surface area (Å²) < 4.78 is 34.3. The number of nitrogens with one attached hydrogen (secondary N) is 1. The van der Waals surface area contributed by atoms with Crippen molar-refractivity contribution in [1.82, 2.24) is 14.5 Å². The normalized spacial score (nSPS) is 15.7. The third-order valence-electron chi connectivity index (χ3n) is 6.32. The van der Waals surface area contributed by atoms with E-state index in [1.165, 1.54) is 0 Å². The highest BCUT2D eigenvalue weighted by Gasteiger charge is 2.28. The fourth-order valence-corrected chi connectivity index (χ4v) is 5.97. The monoisotopic (exact) mass is 524 g/mol. The lowest BCUT2D eigenvalue weighted by atomic mass is 10.2. The second-order valence-electron chi connectivity index (χ2n) is 10.1. The quantitative estimate of drug-likeness (QED) is 0.401. The molecule has 1 aromatic heterocycles. The van der Waals surface area contributed by atoms with Crippen LogP contribution in [0.15, 0.2) is 66.0 Å². The highest BCUT2D eigenvalue weighted by molar-refractivity contribution is 7.90. The van der Waals surface area contributed by atoms with Gasteiger partial charge in [-0.05, 0) is 43.4 Å². The van der Waals surface area contributed by atoms with Gasteiger partial charge in [0.2, 0.25) is 15.0 Å². The van der Waals surface area contributed by atoms with Gasteiger partial charge in [-0.25, -0.2) is 18.2 Å². The van der Waals surface area contributed by atoms with E-state index >= 15 is 0 Å². The predicted octanol–water partition coefficient (Wildman–Crippen LogP) is 5.03. The lowest BCUT2D eigenvalue weighted by molar-refractivity contribution is 0.0812. The zero-order chi connectivity index (χ0) is 26.4. The van der Waals surface area contributed by atoms with Gasteiger partial charge in [-0.1, -0.05) is 61.9 Å². The molecule has 0 bridgehead atoms. The largest absolute Gasteiger partial charge is 0.376 e. The first-order chi connectivity index (χ1) is 17.7. The van der Waals surface area contributed by atoms with Gasteiger partial charge >= 0.3 is 6.03 Å². The first-order valence-corrected chi connectivity index (χ1v) is 14.4. The Labute approximate surface area is 219 Å². The Morgan fingerprint density at radius 2 is 1.89 bits per heavy atom. The van der Waals surface area contributed by atoms with Crippen molar-refractivity contribution >= 4 is 21.6 Å². The molecule has 0 radical (unpaired) electrons. The average molecular weight is 525 g/mol. The van der Waals surface area contributed by atoms with Gasteiger partial charge in [-0.3, -0.25) is 0 Å². The molecule has 1 fully saturated rings. The summed E-state index contributed by atoms with van der Waals surface area (Å²) in [6.45, 7) is 7.86. The van der Waals surface area contributed by atoms with Gasteiger partial charge in [-0.2, -0.15) is 0 Å².